The van der Waals surface area contributed by atoms with E-state index in [1.807, 2.05) is 0 Å². The Morgan fingerprint density at radius 2 is 1.97 bits per heavy atom. The van der Waals surface area contributed by atoms with Crippen molar-refractivity contribution in [1.29, 1.82) is 0 Å². The number of carbonyl (C=O) groups excluding carboxylic acids is 1. The molecule has 1 amide bonds. The number of ether oxygens (including phenoxy) is 1. The zero-order valence-electron chi connectivity index (χ0n) is 17.8. The van der Waals surface area contributed by atoms with Gasteiger partial charge in [-0.25, -0.2) is 9.97 Å². The van der Waals surface area contributed by atoms with E-state index in [0.717, 1.165) is 44.1 Å². The number of nitrogens with one attached hydrogen (secondary N) is 2. The minimum absolute atomic E-state index is 0.180. The molecule has 0 aliphatic carbocycles. The molecule has 7 heteroatoms. The van der Waals surface area contributed by atoms with Crippen LogP contribution in [0.5, 0.6) is 0 Å². The van der Waals surface area contributed by atoms with Gasteiger partial charge in [0.1, 0.15) is 17.3 Å². The van der Waals surface area contributed by atoms with Gasteiger partial charge in [0.2, 0.25) is 0 Å². The molecule has 1 aliphatic rings. The Labute approximate surface area is 172 Å². The summed E-state index contributed by atoms with van der Waals surface area (Å²) in [5.74, 6) is 1.39. The van der Waals surface area contributed by atoms with Crippen LogP contribution in [0.3, 0.4) is 0 Å². The van der Waals surface area contributed by atoms with Gasteiger partial charge < -0.3 is 15.4 Å². The van der Waals surface area contributed by atoms with Gasteiger partial charge in [0.15, 0.2) is 0 Å². The first-order valence-corrected chi connectivity index (χ1v) is 10.2. The summed E-state index contributed by atoms with van der Waals surface area (Å²) < 4.78 is 5.35. The van der Waals surface area contributed by atoms with E-state index in [1.54, 1.807) is 13.0 Å². The van der Waals surface area contributed by atoms with E-state index in [9.17, 15) is 4.79 Å². The van der Waals surface area contributed by atoms with Gasteiger partial charge >= 0.3 is 0 Å². The van der Waals surface area contributed by atoms with Crippen LogP contribution in [0, 0.1) is 13.8 Å². The highest BCUT2D eigenvalue weighted by Crippen LogP contribution is 2.29. The number of rotatable bonds is 7. The number of benzene rings is 1. The zero-order chi connectivity index (χ0) is 20.8. The summed E-state index contributed by atoms with van der Waals surface area (Å²) >= 11 is 0. The molecule has 7 nitrogen and oxygen atoms in total. The van der Waals surface area contributed by atoms with Gasteiger partial charge in [-0.1, -0.05) is 32.0 Å². The van der Waals surface area contributed by atoms with Crippen LogP contribution >= 0.6 is 0 Å². The predicted octanol–water partition coefficient (Wildman–Crippen LogP) is 3.02. The Balaban J connectivity index is 1.69. The van der Waals surface area contributed by atoms with Gasteiger partial charge in [0.25, 0.3) is 5.91 Å². The molecule has 0 spiro atoms. The van der Waals surface area contributed by atoms with Crippen molar-refractivity contribution in [1.82, 2.24) is 20.2 Å². The van der Waals surface area contributed by atoms with E-state index in [-0.39, 0.29) is 5.91 Å². The molecule has 2 aromatic rings. The average molecular weight is 398 g/mol. The van der Waals surface area contributed by atoms with Crippen LogP contribution in [-0.4, -0.2) is 60.2 Å². The van der Waals surface area contributed by atoms with E-state index >= 15 is 0 Å². The molecule has 0 bridgehead atoms. The maximum atomic E-state index is 12.6. The fourth-order valence-corrected chi connectivity index (χ4v) is 3.46. The lowest BCUT2D eigenvalue weighted by atomic mass is 9.98. The van der Waals surface area contributed by atoms with Crippen LogP contribution in [0.25, 0.3) is 0 Å². The monoisotopic (exact) mass is 397 g/mol. The second-order valence-corrected chi connectivity index (χ2v) is 7.71. The lowest BCUT2D eigenvalue weighted by Gasteiger charge is -2.26. The van der Waals surface area contributed by atoms with Crippen molar-refractivity contribution >= 4 is 17.4 Å². The topological polar surface area (TPSA) is 79.4 Å². The largest absolute Gasteiger partial charge is 0.379 e. The smallest absolute Gasteiger partial charge is 0.270 e. The van der Waals surface area contributed by atoms with Crippen LogP contribution in [0.2, 0.25) is 0 Å². The number of aromatic nitrogens is 2. The Hall–Kier alpha value is -2.51. The van der Waals surface area contributed by atoms with Crippen LogP contribution in [0.1, 0.15) is 47.2 Å². The van der Waals surface area contributed by atoms with Crippen molar-refractivity contribution in [3.05, 3.63) is 46.9 Å². The highest BCUT2D eigenvalue weighted by Gasteiger charge is 2.15. The summed E-state index contributed by atoms with van der Waals surface area (Å²) in [6, 6.07) is 7.97. The molecule has 156 valence electrons. The standard InChI is InChI=1S/C22H31N5O2/c1-15(2)18-7-5-6-16(3)21(18)26-20-14-19(24-17(4)25-20)22(28)23-8-9-27-10-12-29-13-11-27/h5-7,14-15H,8-13H2,1-4H3,(H,23,28)(H,24,25,26). The molecule has 0 atom stereocenters. The molecule has 0 saturated carbocycles. The molecule has 0 radical (unpaired) electrons. The van der Waals surface area contributed by atoms with Crippen molar-refractivity contribution in [2.24, 2.45) is 0 Å². The Morgan fingerprint density at radius 1 is 1.21 bits per heavy atom. The third-order valence-electron chi connectivity index (χ3n) is 5.07. The van der Waals surface area contributed by atoms with Gasteiger partial charge in [0, 0.05) is 37.9 Å². The van der Waals surface area contributed by atoms with E-state index in [2.05, 4.69) is 64.5 Å². The van der Waals surface area contributed by atoms with Crippen molar-refractivity contribution in [2.45, 2.75) is 33.6 Å². The molecule has 2 N–H and O–H groups in total. The Kier molecular flexibility index (Phi) is 7.17. The van der Waals surface area contributed by atoms with Gasteiger partial charge in [-0.05, 0) is 30.9 Å². The van der Waals surface area contributed by atoms with Gasteiger partial charge in [-0.15, -0.1) is 0 Å². The molecule has 1 aromatic heterocycles. The second kappa shape index (κ2) is 9.80. The van der Waals surface area contributed by atoms with Crippen LogP contribution in [-0.2, 0) is 4.74 Å². The maximum Gasteiger partial charge on any atom is 0.270 e. The Bertz CT molecular complexity index is 847. The fraction of sp³-hybridized carbons (Fsp3) is 0.500. The number of morpholine rings is 1. The van der Waals surface area contributed by atoms with Crippen LogP contribution in [0.4, 0.5) is 11.5 Å². The summed E-state index contributed by atoms with van der Waals surface area (Å²) in [6.07, 6.45) is 0. The third-order valence-corrected chi connectivity index (χ3v) is 5.07. The third kappa shape index (κ3) is 5.74. The van der Waals surface area contributed by atoms with E-state index in [4.69, 9.17) is 4.74 Å². The molecule has 0 unspecified atom stereocenters. The lowest BCUT2D eigenvalue weighted by molar-refractivity contribution is 0.0383. The summed E-state index contributed by atoms with van der Waals surface area (Å²) in [4.78, 5) is 23.7. The molecule has 3 rings (SSSR count). The highest BCUT2D eigenvalue weighted by atomic mass is 16.5. The molecule has 1 aliphatic heterocycles. The molecule has 1 saturated heterocycles. The quantitative estimate of drug-likeness (QED) is 0.748. The maximum absolute atomic E-state index is 12.6. The van der Waals surface area contributed by atoms with Gasteiger partial charge in [0.05, 0.1) is 13.2 Å². The Morgan fingerprint density at radius 3 is 2.69 bits per heavy atom. The number of nitrogens with zero attached hydrogens (tertiary/aromatic N) is 3. The number of carbonyl (C=O) groups is 1. The second-order valence-electron chi connectivity index (χ2n) is 7.71. The molecule has 1 fully saturated rings. The summed E-state index contributed by atoms with van der Waals surface area (Å²) in [5.41, 5.74) is 3.78. The summed E-state index contributed by atoms with van der Waals surface area (Å²) in [5, 5.41) is 6.38. The normalized spacial score (nSPS) is 14.8. The predicted molar refractivity (Wildman–Crippen MR) is 115 cm³/mol. The highest BCUT2D eigenvalue weighted by molar-refractivity contribution is 5.93. The first kappa shape index (κ1) is 21.2. The lowest BCUT2D eigenvalue weighted by Crippen LogP contribution is -2.41. The average Bonchev–Trinajstić information content (AvgIpc) is 2.69. The molecular weight excluding hydrogens is 366 g/mol. The number of amides is 1. The number of anilines is 2. The van der Waals surface area contributed by atoms with E-state index in [0.29, 0.717) is 29.8 Å². The van der Waals surface area contributed by atoms with Crippen LogP contribution < -0.4 is 10.6 Å². The summed E-state index contributed by atoms with van der Waals surface area (Å²) in [7, 11) is 0. The zero-order valence-corrected chi connectivity index (χ0v) is 17.8. The van der Waals surface area contributed by atoms with Crippen molar-refractivity contribution < 1.29 is 9.53 Å². The molecule has 1 aromatic carbocycles. The van der Waals surface area contributed by atoms with Gasteiger partial charge in [-0.3, -0.25) is 9.69 Å². The first-order chi connectivity index (χ1) is 13.9. The van der Waals surface area contributed by atoms with Crippen molar-refractivity contribution in [3.63, 3.8) is 0 Å². The minimum atomic E-state index is -0.180. The number of hydrogen-bond acceptors (Lipinski definition) is 6. The van der Waals surface area contributed by atoms with Crippen molar-refractivity contribution in [3.8, 4) is 0 Å². The molecule has 2 heterocycles. The SMILES string of the molecule is Cc1nc(Nc2c(C)cccc2C(C)C)cc(C(=O)NCCN2CCOCC2)n1. The minimum Gasteiger partial charge on any atom is -0.379 e. The van der Waals surface area contributed by atoms with Crippen molar-refractivity contribution in [2.75, 3.05) is 44.7 Å². The van der Waals surface area contributed by atoms with Crippen LogP contribution in [0.15, 0.2) is 24.3 Å². The fourth-order valence-electron chi connectivity index (χ4n) is 3.46. The van der Waals surface area contributed by atoms with Gasteiger partial charge in [-0.2, -0.15) is 0 Å². The molecular formula is C22H31N5O2. The number of aryl methyl sites for hydroxylation is 2. The first-order valence-electron chi connectivity index (χ1n) is 10.2. The number of hydrogen-bond donors (Lipinski definition) is 2. The van der Waals surface area contributed by atoms with E-state index < -0.39 is 0 Å². The number of para-hydroxylation sites is 1. The summed E-state index contributed by atoms with van der Waals surface area (Å²) in [6.45, 7) is 12.9. The molecule has 29 heavy (non-hydrogen) atoms. The van der Waals surface area contributed by atoms with E-state index in [1.165, 1.54) is 5.56 Å².